The van der Waals surface area contributed by atoms with Crippen molar-refractivity contribution in [2.75, 3.05) is 0 Å². The van der Waals surface area contributed by atoms with Gasteiger partial charge in [0.1, 0.15) is 6.04 Å². The fraction of sp³-hybridized carbons (Fsp3) is 0.667. The summed E-state index contributed by atoms with van der Waals surface area (Å²) in [6, 6.07) is -0.566. The maximum absolute atomic E-state index is 10.5. The number of nitrogens with zero attached hydrogens (tertiary/aromatic N) is 1. The molecule has 0 saturated carbocycles. The Labute approximate surface area is 102 Å². The zero-order chi connectivity index (χ0) is 12.7. The van der Waals surface area contributed by atoms with Crippen molar-refractivity contribution in [3.63, 3.8) is 0 Å². The Morgan fingerprint density at radius 3 is 3.00 bits per heavy atom. The first-order valence-corrected chi connectivity index (χ1v) is 6.05. The molecule has 0 aromatic rings. The second kappa shape index (κ2) is 7.06. The first-order valence-electron chi connectivity index (χ1n) is 6.05. The number of hydrogen-bond acceptors (Lipinski definition) is 4. The first-order chi connectivity index (χ1) is 8.09. The van der Waals surface area contributed by atoms with E-state index in [2.05, 4.69) is 4.99 Å². The molecule has 0 aliphatic carbocycles. The van der Waals surface area contributed by atoms with Crippen molar-refractivity contribution in [1.29, 1.82) is 0 Å². The van der Waals surface area contributed by atoms with Crippen molar-refractivity contribution >= 4 is 11.8 Å². The van der Waals surface area contributed by atoms with Crippen molar-refractivity contribution in [3.05, 3.63) is 12.2 Å². The number of carbonyl (C=O) groups is 1. The lowest BCUT2D eigenvalue weighted by Gasteiger charge is -2.07. The summed E-state index contributed by atoms with van der Waals surface area (Å²) >= 11 is 0. The lowest BCUT2D eigenvalue weighted by atomic mass is 10.1. The minimum Gasteiger partial charge on any atom is -0.480 e. The molecule has 0 spiro atoms. The summed E-state index contributed by atoms with van der Waals surface area (Å²) in [4.78, 5) is 14.9. The molecule has 2 unspecified atom stereocenters. The van der Waals surface area contributed by atoms with Crippen LogP contribution in [0.15, 0.2) is 17.1 Å². The van der Waals surface area contributed by atoms with Crippen molar-refractivity contribution in [2.45, 2.75) is 50.6 Å². The fourth-order valence-electron chi connectivity index (χ4n) is 1.82. The van der Waals surface area contributed by atoms with Crippen LogP contribution in [0.5, 0.6) is 0 Å². The zero-order valence-corrected chi connectivity index (χ0v) is 10.0. The molecule has 0 radical (unpaired) electrons. The van der Waals surface area contributed by atoms with Gasteiger partial charge in [-0.2, -0.15) is 0 Å². The summed E-state index contributed by atoms with van der Waals surface area (Å²) < 4.78 is 0. The average molecular weight is 239 g/mol. The van der Waals surface area contributed by atoms with Gasteiger partial charge in [0.2, 0.25) is 0 Å². The van der Waals surface area contributed by atoms with Gasteiger partial charge in [-0.3, -0.25) is 9.79 Å². The third-order valence-electron chi connectivity index (χ3n) is 2.85. The molecular formula is C12H21N3O2. The van der Waals surface area contributed by atoms with Crippen LogP contribution in [0.3, 0.4) is 0 Å². The van der Waals surface area contributed by atoms with Crippen molar-refractivity contribution < 1.29 is 9.90 Å². The van der Waals surface area contributed by atoms with E-state index < -0.39 is 12.0 Å². The molecule has 2 atom stereocenters. The van der Waals surface area contributed by atoms with E-state index in [4.69, 9.17) is 16.6 Å². The summed E-state index contributed by atoms with van der Waals surface area (Å²) in [5.41, 5.74) is 11.1. The van der Waals surface area contributed by atoms with E-state index in [1.165, 1.54) is 0 Å². The third-order valence-corrected chi connectivity index (χ3v) is 2.85. The fourth-order valence-corrected chi connectivity index (χ4v) is 1.82. The van der Waals surface area contributed by atoms with Crippen molar-refractivity contribution in [1.82, 2.24) is 0 Å². The molecule has 1 aliphatic heterocycles. The number of aliphatic carboxylic acids is 1. The molecule has 1 aliphatic rings. The number of hydrogen-bond donors (Lipinski definition) is 3. The molecule has 0 amide bonds. The van der Waals surface area contributed by atoms with Gasteiger partial charge in [0.25, 0.3) is 0 Å². The molecule has 0 bridgehead atoms. The van der Waals surface area contributed by atoms with Gasteiger partial charge in [-0.05, 0) is 25.7 Å². The molecule has 5 heteroatoms. The normalized spacial score (nSPS) is 23.1. The van der Waals surface area contributed by atoms with E-state index in [0.29, 0.717) is 6.42 Å². The predicted octanol–water partition coefficient (Wildman–Crippen LogP) is 1.03. The smallest absolute Gasteiger partial charge is 0.320 e. The Hall–Kier alpha value is -1.36. The second-order valence-corrected chi connectivity index (χ2v) is 4.41. The highest BCUT2D eigenvalue weighted by molar-refractivity contribution is 5.80. The number of amidine groups is 1. The molecule has 0 fully saturated rings. The molecule has 1 rings (SSSR count). The second-order valence-electron chi connectivity index (χ2n) is 4.41. The van der Waals surface area contributed by atoms with Crippen molar-refractivity contribution in [2.24, 2.45) is 16.5 Å². The Morgan fingerprint density at radius 1 is 1.53 bits per heavy atom. The summed E-state index contributed by atoms with van der Waals surface area (Å²) in [5.74, 6) is -0.227. The Bertz CT molecular complexity index is 313. The standard InChI is InChI=1S/C12H21N3O2/c13-10(12(16)17)7-3-1-5-9-6-2-4-8-11(14)15-9/h1,3,9-10H,2,4-8,13H2,(H2,14,15)(H,16,17)/b3-1-. The van der Waals surface area contributed by atoms with Crippen LogP contribution in [-0.4, -0.2) is 29.0 Å². The van der Waals surface area contributed by atoms with Crippen LogP contribution in [0.4, 0.5) is 0 Å². The van der Waals surface area contributed by atoms with Gasteiger partial charge in [0.15, 0.2) is 0 Å². The Balaban J connectivity index is 2.31. The van der Waals surface area contributed by atoms with Crippen molar-refractivity contribution in [3.8, 4) is 0 Å². The molecule has 17 heavy (non-hydrogen) atoms. The molecular weight excluding hydrogens is 218 g/mol. The Kier molecular flexibility index (Phi) is 5.69. The van der Waals surface area contributed by atoms with Crippen LogP contribution in [0, 0.1) is 0 Å². The van der Waals surface area contributed by atoms with E-state index in [9.17, 15) is 4.79 Å². The number of carboxylic acids is 1. The van der Waals surface area contributed by atoms with Crippen LogP contribution in [0.1, 0.15) is 38.5 Å². The highest BCUT2D eigenvalue weighted by atomic mass is 16.4. The summed E-state index contributed by atoms with van der Waals surface area (Å²) in [7, 11) is 0. The lowest BCUT2D eigenvalue weighted by Crippen LogP contribution is -2.29. The van der Waals surface area contributed by atoms with E-state index >= 15 is 0 Å². The minimum absolute atomic E-state index is 0.245. The molecule has 0 aromatic carbocycles. The van der Waals surface area contributed by atoms with E-state index in [-0.39, 0.29) is 6.04 Å². The van der Waals surface area contributed by atoms with Crippen LogP contribution in [0.25, 0.3) is 0 Å². The van der Waals surface area contributed by atoms with Gasteiger partial charge in [-0.1, -0.05) is 18.6 Å². The van der Waals surface area contributed by atoms with Crippen LogP contribution in [-0.2, 0) is 4.79 Å². The number of rotatable bonds is 5. The number of aliphatic imine (C=N–C) groups is 1. The highest BCUT2D eigenvalue weighted by Crippen LogP contribution is 2.15. The summed E-state index contributed by atoms with van der Waals surface area (Å²) in [6.45, 7) is 0. The van der Waals surface area contributed by atoms with Crippen LogP contribution >= 0.6 is 0 Å². The maximum Gasteiger partial charge on any atom is 0.320 e. The lowest BCUT2D eigenvalue weighted by molar-refractivity contribution is -0.138. The monoisotopic (exact) mass is 239 g/mol. The molecule has 1 heterocycles. The third kappa shape index (κ3) is 5.49. The number of nitrogens with two attached hydrogens (primary N) is 2. The summed E-state index contributed by atoms with van der Waals surface area (Å²) in [6.07, 6.45) is 9.15. The van der Waals surface area contributed by atoms with E-state index in [1.54, 1.807) is 0 Å². The van der Waals surface area contributed by atoms with Gasteiger partial charge in [-0.15, -0.1) is 0 Å². The van der Waals surface area contributed by atoms with Gasteiger partial charge >= 0.3 is 5.97 Å². The maximum atomic E-state index is 10.5. The molecule has 5 nitrogen and oxygen atoms in total. The molecule has 0 aromatic heterocycles. The van der Waals surface area contributed by atoms with Gasteiger partial charge in [-0.25, -0.2) is 0 Å². The van der Waals surface area contributed by atoms with Gasteiger partial charge in [0.05, 0.1) is 11.9 Å². The van der Waals surface area contributed by atoms with E-state index in [1.807, 2.05) is 12.2 Å². The first kappa shape index (κ1) is 13.7. The zero-order valence-electron chi connectivity index (χ0n) is 10.0. The average Bonchev–Trinajstić information content (AvgIpc) is 2.48. The Morgan fingerprint density at radius 2 is 2.29 bits per heavy atom. The van der Waals surface area contributed by atoms with Gasteiger partial charge < -0.3 is 16.6 Å². The topological polar surface area (TPSA) is 102 Å². The van der Waals surface area contributed by atoms with E-state index in [0.717, 1.165) is 37.9 Å². The highest BCUT2D eigenvalue weighted by Gasteiger charge is 2.11. The summed E-state index contributed by atoms with van der Waals surface area (Å²) in [5, 5.41) is 8.60. The minimum atomic E-state index is -0.966. The van der Waals surface area contributed by atoms with Crippen LogP contribution in [0.2, 0.25) is 0 Å². The van der Waals surface area contributed by atoms with Crippen LogP contribution < -0.4 is 11.5 Å². The molecule has 0 saturated heterocycles. The number of carboxylic acid groups (broad SMARTS) is 1. The SMILES string of the molecule is NC1=NC(C/C=C\CC(N)C(=O)O)CCCC1. The largest absolute Gasteiger partial charge is 0.480 e. The predicted molar refractivity (Wildman–Crippen MR) is 67.9 cm³/mol. The molecule has 5 N–H and O–H groups in total. The quantitative estimate of drug-likeness (QED) is 0.624. The molecule has 96 valence electrons. The van der Waals surface area contributed by atoms with Gasteiger partial charge in [0, 0.05) is 6.42 Å².